The normalized spacial score (nSPS) is 12.3. The van der Waals surface area contributed by atoms with Crippen LogP contribution in [0, 0.1) is 5.82 Å². The molecular weight excluding hydrogens is 428 g/mol. The van der Waals surface area contributed by atoms with Crippen molar-refractivity contribution >= 4 is 37.3 Å². The van der Waals surface area contributed by atoms with Crippen LogP contribution in [-0.4, -0.2) is 22.5 Å². The number of alkyl halides is 3. The first kappa shape index (κ1) is 19.7. The van der Waals surface area contributed by atoms with E-state index in [4.69, 9.17) is 0 Å². The van der Waals surface area contributed by atoms with E-state index in [0.29, 0.717) is 5.69 Å². The zero-order valence-electron chi connectivity index (χ0n) is 13.0. The quantitative estimate of drug-likeness (QED) is 0.721. The van der Waals surface area contributed by atoms with Crippen molar-refractivity contribution in [3.05, 3.63) is 52.3 Å². The average Bonchev–Trinajstić information content (AvgIpc) is 2.53. The molecule has 0 atom stereocenters. The summed E-state index contributed by atoms with van der Waals surface area (Å²) in [5, 5.41) is 0. The maximum Gasteiger partial charge on any atom is 0.416 e. The van der Waals surface area contributed by atoms with Gasteiger partial charge in [-0.1, -0.05) is 0 Å². The molecule has 0 spiro atoms. The van der Waals surface area contributed by atoms with Gasteiger partial charge in [-0.05, 0) is 59.4 Å². The van der Waals surface area contributed by atoms with Gasteiger partial charge in [0.15, 0.2) is 0 Å². The number of benzene rings is 2. The summed E-state index contributed by atoms with van der Waals surface area (Å²) in [6, 6.07) is 6.23. The van der Waals surface area contributed by atoms with Crippen LogP contribution >= 0.6 is 15.9 Å². The second-order valence-electron chi connectivity index (χ2n) is 5.05. The van der Waals surface area contributed by atoms with E-state index in [1.807, 2.05) is 0 Å². The highest BCUT2D eigenvalue weighted by molar-refractivity contribution is 9.10. The number of anilines is 2. The van der Waals surface area contributed by atoms with Crippen molar-refractivity contribution in [2.45, 2.75) is 11.1 Å². The molecule has 136 valence electrons. The van der Waals surface area contributed by atoms with Gasteiger partial charge >= 0.3 is 6.18 Å². The van der Waals surface area contributed by atoms with E-state index in [0.717, 1.165) is 18.2 Å². The van der Waals surface area contributed by atoms with E-state index in [1.165, 1.54) is 37.2 Å². The molecule has 0 bridgehead atoms. The fraction of sp³-hybridized carbons (Fsp3) is 0.200. The molecule has 25 heavy (non-hydrogen) atoms. The third-order valence-electron chi connectivity index (χ3n) is 3.49. The number of rotatable bonds is 4. The summed E-state index contributed by atoms with van der Waals surface area (Å²) < 4.78 is 78.0. The van der Waals surface area contributed by atoms with Crippen LogP contribution in [0.3, 0.4) is 0 Å². The molecule has 4 nitrogen and oxygen atoms in total. The highest BCUT2D eigenvalue weighted by Crippen LogP contribution is 2.37. The molecule has 10 heteroatoms. The van der Waals surface area contributed by atoms with Crippen LogP contribution < -0.4 is 9.62 Å². The topological polar surface area (TPSA) is 49.4 Å². The largest absolute Gasteiger partial charge is 0.416 e. The third kappa shape index (κ3) is 4.13. The average molecular weight is 441 g/mol. The van der Waals surface area contributed by atoms with Crippen LogP contribution in [0.5, 0.6) is 0 Å². The molecule has 0 unspecified atom stereocenters. The van der Waals surface area contributed by atoms with Gasteiger partial charge in [0, 0.05) is 17.2 Å². The maximum absolute atomic E-state index is 14.4. The molecule has 0 aliphatic heterocycles. The monoisotopic (exact) mass is 440 g/mol. The first-order chi connectivity index (χ1) is 11.5. The first-order valence-electron chi connectivity index (χ1n) is 6.81. The molecule has 0 radical (unpaired) electrons. The fourth-order valence-electron chi connectivity index (χ4n) is 2.14. The van der Waals surface area contributed by atoms with Crippen molar-refractivity contribution < 1.29 is 26.0 Å². The van der Waals surface area contributed by atoms with Crippen molar-refractivity contribution in [2.75, 3.05) is 19.0 Å². The van der Waals surface area contributed by atoms with Gasteiger partial charge in [-0.15, -0.1) is 0 Å². The Morgan fingerprint density at radius 2 is 1.68 bits per heavy atom. The Labute approximate surface area is 150 Å². The molecule has 0 amide bonds. The van der Waals surface area contributed by atoms with Gasteiger partial charge in [-0.3, -0.25) is 0 Å². The predicted octanol–water partition coefficient (Wildman–Crippen LogP) is 4.28. The number of hydrogen-bond donors (Lipinski definition) is 1. The molecule has 0 heterocycles. The minimum atomic E-state index is -4.47. The summed E-state index contributed by atoms with van der Waals surface area (Å²) in [5.74, 6) is -0.842. The molecule has 2 aromatic rings. The zero-order valence-corrected chi connectivity index (χ0v) is 15.4. The molecule has 0 fully saturated rings. The molecule has 2 aromatic carbocycles. The SMILES string of the molecule is CNS(=O)(=O)c1cc(F)c(N(C)c2ccc(C(F)(F)F)cc2)c(Br)c1. The Balaban J connectivity index is 2.45. The van der Waals surface area contributed by atoms with Gasteiger partial charge in [-0.2, -0.15) is 13.2 Å². The maximum atomic E-state index is 14.4. The van der Waals surface area contributed by atoms with Gasteiger partial charge in [0.05, 0.1) is 16.1 Å². The minimum Gasteiger partial charge on any atom is -0.341 e. The molecule has 1 N–H and O–H groups in total. The molecule has 0 saturated carbocycles. The summed E-state index contributed by atoms with van der Waals surface area (Å²) in [4.78, 5) is 1.04. The highest BCUT2D eigenvalue weighted by Gasteiger charge is 2.30. The van der Waals surface area contributed by atoms with Crippen LogP contribution in [0.25, 0.3) is 0 Å². The summed E-state index contributed by atoms with van der Waals surface area (Å²) in [5.41, 5.74) is -0.522. The second kappa shape index (κ2) is 6.93. The third-order valence-corrected chi connectivity index (χ3v) is 5.49. The molecule has 2 rings (SSSR count). The van der Waals surface area contributed by atoms with Gasteiger partial charge < -0.3 is 4.90 Å². The van der Waals surface area contributed by atoms with Crippen LogP contribution in [0.4, 0.5) is 28.9 Å². The molecule has 0 aliphatic carbocycles. The van der Waals surface area contributed by atoms with E-state index in [-0.39, 0.29) is 15.1 Å². The Morgan fingerprint density at radius 3 is 2.12 bits per heavy atom. The summed E-state index contributed by atoms with van der Waals surface area (Å²) in [7, 11) is -1.18. The lowest BCUT2D eigenvalue weighted by molar-refractivity contribution is -0.137. The number of nitrogens with zero attached hydrogens (tertiary/aromatic N) is 1. The van der Waals surface area contributed by atoms with E-state index in [2.05, 4.69) is 20.7 Å². The number of halogens is 5. The second-order valence-corrected chi connectivity index (χ2v) is 7.79. The molecule has 0 aliphatic rings. The zero-order chi connectivity index (χ0) is 19.0. The van der Waals surface area contributed by atoms with Crippen molar-refractivity contribution in [1.82, 2.24) is 4.72 Å². The van der Waals surface area contributed by atoms with E-state index < -0.39 is 27.6 Å². The van der Waals surface area contributed by atoms with Crippen molar-refractivity contribution in [3.8, 4) is 0 Å². The van der Waals surface area contributed by atoms with Gasteiger partial charge in [0.2, 0.25) is 10.0 Å². The van der Waals surface area contributed by atoms with Crippen LogP contribution in [0.2, 0.25) is 0 Å². The lowest BCUT2D eigenvalue weighted by Gasteiger charge is -2.22. The van der Waals surface area contributed by atoms with Crippen molar-refractivity contribution in [3.63, 3.8) is 0 Å². The van der Waals surface area contributed by atoms with Crippen LogP contribution in [-0.2, 0) is 16.2 Å². The first-order valence-corrected chi connectivity index (χ1v) is 9.08. The van der Waals surface area contributed by atoms with E-state index >= 15 is 0 Å². The van der Waals surface area contributed by atoms with Gasteiger partial charge in [-0.25, -0.2) is 17.5 Å². The number of sulfonamides is 1. The lowest BCUT2D eigenvalue weighted by Crippen LogP contribution is -2.20. The fourth-order valence-corrected chi connectivity index (χ4v) is 3.76. The Hall–Kier alpha value is -1.65. The Morgan fingerprint density at radius 1 is 1.12 bits per heavy atom. The smallest absolute Gasteiger partial charge is 0.341 e. The van der Waals surface area contributed by atoms with Gasteiger partial charge in [0.25, 0.3) is 0 Å². The summed E-state index contributed by atoms with van der Waals surface area (Å²) in [6.45, 7) is 0. The molecule has 0 saturated heterocycles. The Bertz CT molecular complexity index is 860. The van der Waals surface area contributed by atoms with Gasteiger partial charge in [0.1, 0.15) is 5.82 Å². The van der Waals surface area contributed by atoms with Crippen molar-refractivity contribution in [2.24, 2.45) is 0 Å². The lowest BCUT2D eigenvalue weighted by atomic mass is 10.2. The summed E-state index contributed by atoms with van der Waals surface area (Å²) in [6.07, 6.45) is -4.47. The number of hydrogen-bond acceptors (Lipinski definition) is 3. The number of nitrogens with one attached hydrogen (secondary N) is 1. The van der Waals surface area contributed by atoms with Crippen LogP contribution in [0.1, 0.15) is 5.56 Å². The predicted molar refractivity (Wildman–Crippen MR) is 89.9 cm³/mol. The molecular formula is C15H13BrF4N2O2S. The highest BCUT2D eigenvalue weighted by atomic mass is 79.9. The Kier molecular flexibility index (Phi) is 5.45. The standard InChI is InChI=1S/C15H13BrF4N2O2S/c1-21-25(23,24)11-7-12(16)14(13(17)8-11)22(2)10-5-3-9(4-6-10)15(18,19)20/h3-8,21H,1-2H3. The van der Waals surface area contributed by atoms with E-state index in [1.54, 1.807) is 0 Å². The minimum absolute atomic E-state index is 0.00480. The van der Waals surface area contributed by atoms with Crippen molar-refractivity contribution in [1.29, 1.82) is 0 Å². The van der Waals surface area contributed by atoms with Crippen LogP contribution in [0.15, 0.2) is 45.8 Å². The summed E-state index contributed by atoms with van der Waals surface area (Å²) >= 11 is 3.11. The van der Waals surface area contributed by atoms with E-state index in [9.17, 15) is 26.0 Å². The molecule has 0 aromatic heterocycles.